The van der Waals surface area contributed by atoms with E-state index in [-0.39, 0.29) is 22.9 Å². The lowest BCUT2D eigenvalue weighted by Gasteiger charge is -2.12. The summed E-state index contributed by atoms with van der Waals surface area (Å²) in [6.45, 7) is 3.91. The van der Waals surface area contributed by atoms with E-state index in [1.165, 1.54) is 30.2 Å². The fourth-order valence-corrected chi connectivity index (χ4v) is 3.60. The van der Waals surface area contributed by atoms with E-state index in [0.29, 0.717) is 11.6 Å². The molecule has 0 saturated heterocycles. The molecular formula is C16H19N3O3S2. The number of carbonyl (C=O) groups excluding carboxylic acids is 2. The third kappa shape index (κ3) is 5.04. The molecule has 0 aliphatic carbocycles. The Labute approximate surface area is 149 Å². The highest BCUT2D eigenvalue weighted by molar-refractivity contribution is 8.01. The number of anilines is 1. The molecule has 6 nitrogen and oxygen atoms in total. The zero-order valence-electron chi connectivity index (χ0n) is 13.7. The molecule has 128 valence electrons. The molecule has 0 saturated carbocycles. The average Bonchev–Trinajstić information content (AvgIpc) is 3.03. The molecule has 1 atom stereocenters. The molecule has 0 aliphatic heterocycles. The lowest BCUT2D eigenvalue weighted by molar-refractivity contribution is -0.137. The predicted molar refractivity (Wildman–Crippen MR) is 97.3 cm³/mol. The van der Waals surface area contributed by atoms with Gasteiger partial charge in [-0.05, 0) is 19.4 Å². The first-order chi connectivity index (χ1) is 11.5. The number of hydrogen-bond donors (Lipinski definition) is 1. The highest BCUT2D eigenvalue weighted by atomic mass is 32.2. The number of ether oxygens (including phenoxy) is 1. The van der Waals surface area contributed by atoms with E-state index in [0.717, 1.165) is 16.1 Å². The number of aryl methyl sites for hydroxylation is 1. The van der Waals surface area contributed by atoms with Crippen LogP contribution >= 0.6 is 23.1 Å². The Kier molecular flexibility index (Phi) is 6.74. The van der Waals surface area contributed by atoms with Crippen molar-refractivity contribution in [2.24, 2.45) is 0 Å². The van der Waals surface area contributed by atoms with Gasteiger partial charge in [0.2, 0.25) is 11.0 Å². The maximum absolute atomic E-state index is 12.3. The number of benzene rings is 1. The Hall–Kier alpha value is -1.93. The van der Waals surface area contributed by atoms with Crippen LogP contribution in [0.25, 0.3) is 10.6 Å². The maximum Gasteiger partial charge on any atom is 0.315 e. The third-order valence-corrected chi connectivity index (χ3v) is 5.45. The van der Waals surface area contributed by atoms with Gasteiger partial charge in [-0.25, -0.2) is 0 Å². The molecule has 0 spiro atoms. The average molecular weight is 365 g/mol. The third-order valence-electron chi connectivity index (χ3n) is 3.21. The Morgan fingerprint density at radius 3 is 2.83 bits per heavy atom. The van der Waals surface area contributed by atoms with Crippen molar-refractivity contribution in [2.75, 3.05) is 18.2 Å². The summed E-state index contributed by atoms with van der Waals surface area (Å²) in [4.78, 5) is 23.5. The van der Waals surface area contributed by atoms with Gasteiger partial charge in [0.05, 0.1) is 18.1 Å². The van der Waals surface area contributed by atoms with Crippen molar-refractivity contribution in [2.45, 2.75) is 25.5 Å². The van der Waals surface area contributed by atoms with Gasteiger partial charge in [0, 0.05) is 5.56 Å². The van der Waals surface area contributed by atoms with Gasteiger partial charge in [0.1, 0.15) is 5.01 Å². The van der Waals surface area contributed by atoms with Crippen molar-refractivity contribution in [1.82, 2.24) is 10.2 Å². The minimum atomic E-state index is -0.344. The summed E-state index contributed by atoms with van der Waals surface area (Å²) in [5, 5.41) is 11.8. The largest absolute Gasteiger partial charge is 0.468 e. The summed E-state index contributed by atoms with van der Waals surface area (Å²) in [6.07, 6.45) is 0.608. The number of aromatic nitrogens is 2. The molecule has 1 amide bonds. The summed E-state index contributed by atoms with van der Waals surface area (Å²) < 4.78 is 4.59. The van der Waals surface area contributed by atoms with E-state index in [4.69, 9.17) is 0 Å². The Morgan fingerprint density at radius 2 is 2.17 bits per heavy atom. The standard InChI is InChI=1S/C16H19N3O3S2/c1-4-12(23-9-13(20)22-3)14(21)17-16-19-18-15(24-16)11-7-5-6-10(2)8-11/h5-8,12H,4,9H2,1-3H3,(H,17,19,21)/t12-/m1/s1. The molecule has 0 aliphatic rings. The van der Waals surface area contributed by atoms with Gasteiger partial charge in [-0.1, -0.05) is 42.0 Å². The van der Waals surface area contributed by atoms with Crippen LogP contribution in [0.4, 0.5) is 5.13 Å². The zero-order chi connectivity index (χ0) is 17.5. The molecule has 1 aromatic heterocycles. The molecule has 0 unspecified atom stereocenters. The zero-order valence-corrected chi connectivity index (χ0v) is 15.4. The van der Waals surface area contributed by atoms with Gasteiger partial charge < -0.3 is 4.74 Å². The smallest absolute Gasteiger partial charge is 0.315 e. The number of amides is 1. The first-order valence-electron chi connectivity index (χ1n) is 7.43. The van der Waals surface area contributed by atoms with Crippen LogP contribution in [0.15, 0.2) is 24.3 Å². The van der Waals surface area contributed by atoms with Crippen molar-refractivity contribution < 1.29 is 14.3 Å². The molecule has 1 heterocycles. The fraction of sp³-hybridized carbons (Fsp3) is 0.375. The van der Waals surface area contributed by atoms with Gasteiger partial charge in [-0.2, -0.15) is 0 Å². The van der Waals surface area contributed by atoms with Crippen LogP contribution in [0.1, 0.15) is 18.9 Å². The van der Waals surface area contributed by atoms with Crippen LogP contribution < -0.4 is 5.32 Å². The highest BCUT2D eigenvalue weighted by Gasteiger charge is 2.20. The van der Waals surface area contributed by atoms with Crippen molar-refractivity contribution in [3.63, 3.8) is 0 Å². The number of rotatable bonds is 7. The first kappa shape index (κ1) is 18.4. The van der Waals surface area contributed by atoms with Crippen LogP contribution in [0, 0.1) is 6.92 Å². The van der Waals surface area contributed by atoms with Crippen molar-refractivity contribution in [1.29, 1.82) is 0 Å². The topological polar surface area (TPSA) is 81.2 Å². The first-order valence-corrected chi connectivity index (χ1v) is 9.29. The SMILES string of the molecule is CC[C@@H](SCC(=O)OC)C(=O)Nc1nnc(-c2cccc(C)c2)s1. The molecule has 0 radical (unpaired) electrons. The quantitative estimate of drug-likeness (QED) is 0.759. The van der Waals surface area contributed by atoms with Gasteiger partial charge in [0.25, 0.3) is 0 Å². The number of nitrogens with zero attached hydrogens (tertiary/aromatic N) is 2. The number of methoxy groups -OCH3 is 1. The van der Waals surface area contributed by atoms with Gasteiger partial charge in [-0.15, -0.1) is 22.0 Å². The second-order valence-corrected chi connectivity index (χ2v) is 7.22. The Bertz CT molecular complexity index is 718. The van der Waals surface area contributed by atoms with Crippen LogP contribution in [-0.2, 0) is 14.3 Å². The number of carbonyl (C=O) groups is 2. The van der Waals surface area contributed by atoms with Crippen LogP contribution in [0.5, 0.6) is 0 Å². The molecule has 2 aromatic rings. The minimum Gasteiger partial charge on any atom is -0.468 e. The molecule has 1 aromatic carbocycles. The molecule has 24 heavy (non-hydrogen) atoms. The van der Waals surface area contributed by atoms with E-state index < -0.39 is 0 Å². The molecule has 8 heteroatoms. The monoisotopic (exact) mass is 365 g/mol. The minimum absolute atomic E-state index is 0.146. The summed E-state index contributed by atoms with van der Waals surface area (Å²) in [5.74, 6) is -0.380. The van der Waals surface area contributed by atoms with Crippen LogP contribution in [-0.4, -0.2) is 40.2 Å². The van der Waals surface area contributed by atoms with Crippen LogP contribution in [0.2, 0.25) is 0 Å². The number of thioether (sulfide) groups is 1. The van der Waals surface area contributed by atoms with Gasteiger partial charge in [-0.3, -0.25) is 14.9 Å². The summed E-state index contributed by atoms with van der Waals surface area (Å²) in [6, 6.07) is 7.95. The maximum atomic E-state index is 12.3. The molecule has 1 N–H and O–H groups in total. The Balaban J connectivity index is 2.00. The molecule has 0 fully saturated rings. The lowest BCUT2D eigenvalue weighted by atomic mass is 10.1. The molecular weight excluding hydrogens is 346 g/mol. The number of hydrogen-bond acceptors (Lipinski definition) is 7. The predicted octanol–water partition coefficient (Wildman–Crippen LogP) is 3.14. The lowest BCUT2D eigenvalue weighted by Crippen LogP contribution is -2.25. The highest BCUT2D eigenvalue weighted by Crippen LogP contribution is 2.27. The van der Waals surface area contributed by atoms with E-state index >= 15 is 0 Å². The van der Waals surface area contributed by atoms with Gasteiger partial charge in [0.15, 0.2) is 0 Å². The summed E-state index contributed by atoms with van der Waals surface area (Å²) >= 11 is 2.58. The summed E-state index contributed by atoms with van der Waals surface area (Å²) in [5.41, 5.74) is 2.11. The van der Waals surface area contributed by atoms with Crippen LogP contribution in [0.3, 0.4) is 0 Å². The van der Waals surface area contributed by atoms with E-state index in [1.54, 1.807) is 0 Å². The second kappa shape index (κ2) is 8.79. The number of nitrogens with one attached hydrogen (secondary N) is 1. The van der Waals surface area contributed by atoms with Gasteiger partial charge >= 0.3 is 5.97 Å². The second-order valence-electron chi connectivity index (χ2n) is 5.06. The summed E-state index contributed by atoms with van der Waals surface area (Å²) in [7, 11) is 1.33. The van der Waals surface area contributed by atoms with E-state index in [2.05, 4.69) is 20.3 Å². The normalized spacial score (nSPS) is 11.8. The molecule has 2 rings (SSSR count). The number of esters is 1. The molecule has 0 bridgehead atoms. The van der Waals surface area contributed by atoms with E-state index in [1.807, 2.05) is 38.1 Å². The van der Waals surface area contributed by atoms with Crippen molar-refractivity contribution in [3.05, 3.63) is 29.8 Å². The Morgan fingerprint density at radius 1 is 1.38 bits per heavy atom. The fourth-order valence-electron chi connectivity index (χ4n) is 1.96. The van der Waals surface area contributed by atoms with Crippen molar-refractivity contribution >= 4 is 40.1 Å². The van der Waals surface area contributed by atoms with E-state index in [9.17, 15) is 9.59 Å². The van der Waals surface area contributed by atoms with Crippen molar-refractivity contribution in [3.8, 4) is 10.6 Å².